The van der Waals surface area contributed by atoms with Crippen molar-refractivity contribution in [2.45, 2.75) is 26.2 Å². The molecule has 1 rings (SSSR count). The van der Waals surface area contributed by atoms with Crippen LogP contribution >= 0.6 is 0 Å². The van der Waals surface area contributed by atoms with Gasteiger partial charge in [0.2, 0.25) is 0 Å². The molecule has 5 nitrogen and oxygen atoms in total. The zero-order valence-electron chi connectivity index (χ0n) is 8.98. The van der Waals surface area contributed by atoms with E-state index in [0.29, 0.717) is 19.5 Å². The van der Waals surface area contributed by atoms with Gasteiger partial charge in [0.25, 0.3) is 0 Å². The summed E-state index contributed by atoms with van der Waals surface area (Å²) >= 11 is 0. The molecule has 0 bridgehead atoms. The van der Waals surface area contributed by atoms with Gasteiger partial charge >= 0.3 is 12.0 Å². The summed E-state index contributed by atoms with van der Waals surface area (Å²) in [4.78, 5) is 23.2. The van der Waals surface area contributed by atoms with E-state index >= 15 is 0 Å². The first kappa shape index (κ1) is 11.8. The summed E-state index contributed by atoms with van der Waals surface area (Å²) in [5, 5.41) is 8.78. The van der Waals surface area contributed by atoms with Crippen LogP contribution in [0.25, 0.3) is 0 Å². The number of rotatable bonds is 3. The number of hydrogen-bond donors (Lipinski definition) is 2. The predicted molar refractivity (Wildman–Crippen MR) is 55.3 cm³/mol. The second-order valence-electron chi connectivity index (χ2n) is 4.27. The molecule has 1 aliphatic heterocycles. The average Bonchev–Trinajstić information content (AvgIpc) is 2.18. The number of carbonyl (C=O) groups is 2. The minimum atomic E-state index is -0.772. The molecule has 0 aromatic heterocycles. The molecule has 15 heavy (non-hydrogen) atoms. The number of nitrogens with zero attached hydrogens (tertiary/aromatic N) is 1. The topological polar surface area (TPSA) is 83.6 Å². The highest BCUT2D eigenvalue weighted by atomic mass is 16.4. The maximum atomic E-state index is 11.0. The van der Waals surface area contributed by atoms with Crippen molar-refractivity contribution in [3.05, 3.63) is 0 Å². The van der Waals surface area contributed by atoms with Gasteiger partial charge in [-0.1, -0.05) is 6.92 Å². The molecule has 3 N–H and O–H groups in total. The summed E-state index contributed by atoms with van der Waals surface area (Å²) in [6.07, 6.45) is 2.53. The fraction of sp³-hybridized carbons (Fsp3) is 0.800. The lowest BCUT2D eigenvalue weighted by molar-refractivity contribution is -0.141. The number of urea groups is 1. The number of amides is 2. The largest absolute Gasteiger partial charge is 0.481 e. The smallest absolute Gasteiger partial charge is 0.314 e. The van der Waals surface area contributed by atoms with Crippen molar-refractivity contribution in [3.8, 4) is 0 Å². The highest BCUT2D eigenvalue weighted by Gasteiger charge is 2.25. The number of aliphatic carboxylic acids is 1. The van der Waals surface area contributed by atoms with Crippen molar-refractivity contribution in [1.82, 2.24) is 4.90 Å². The van der Waals surface area contributed by atoms with Crippen molar-refractivity contribution in [2.75, 3.05) is 13.1 Å². The Morgan fingerprint density at radius 2 is 2.27 bits per heavy atom. The van der Waals surface area contributed by atoms with Crippen molar-refractivity contribution in [1.29, 1.82) is 0 Å². The van der Waals surface area contributed by atoms with Gasteiger partial charge in [0.1, 0.15) is 0 Å². The van der Waals surface area contributed by atoms with Crippen LogP contribution in [-0.4, -0.2) is 35.1 Å². The minimum absolute atomic E-state index is 0.275. The van der Waals surface area contributed by atoms with E-state index in [-0.39, 0.29) is 11.8 Å². The lowest BCUT2D eigenvalue weighted by Gasteiger charge is -2.32. The van der Waals surface area contributed by atoms with E-state index in [4.69, 9.17) is 10.8 Å². The number of carboxylic acids is 1. The van der Waals surface area contributed by atoms with E-state index in [1.165, 1.54) is 0 Å². The van der Waals surface area contributed by atoms with Crippen LogP contribution in [0.4, 0.5) is 4.79 Å². The highest BCUT2D eigenvalue weighted by molar-refractivity contribution is 5.72. The molecule has 0 aromatic carbocycles. The molecular formula is C10H18N2O3. The zero-order valence-corrected chi connectivity index (χ0v) is 8.98. The van der Waals surface area contributed by atoms with E-state index in [0.717, 1.165) is 12.8 Å². The zero-order chi connectivity index (χ0) is 11.4. The molecule has 0 saturated carbocycles. The van der Waals surface area contributed by atoms with Crippen molar-refractivity contribution in [3.63, 3.8) is 0 Å². The summed E-state index contributed by atoms with van der Waals surface area (Å²) in [7, 11) is 0. The van der Waals surface area contributed by atoms with E-state index < -0.39 is 12.0 Å². The van der Waals surface area contributed by atoms with E-state index in [2.05, 4.69) is 0 Å². The molecule has 86 valence electrons. The van der Waals surface area contributed by atoms with Gasteiger partial charge in [0.05, 0.1) is 5.92 Å². The second kappa shape index (κ2) is 5.00. The van der Waals surface area contributed by atoms with Gasteiger partial charge in [-0.05, 0) is 25.2 Å². The third-order valence-electron chi connectivity index (χ3n) is 2.94. The highest BCUT2D eigenvalue weighted by Crippen LogP contribution is 2.23. The number of nitrogens with two attached hydrogens (primary N) is 1. The van der Waals surface area contributed by atoms with Crippen LogP contribution in [-0.2, 0) is 4.79 Å². The van der Waals surface area contributed by atoms with Crippen molar-refractivity contribution >= 4 is 12.0 Å². The van der Waals surface area contributed by atoms with Gasteiger partial charge in [-0.2, -0.15) is 0 Å². The number of primary amides is 1. The lowest BCUT2D eigenvalue weighted by Crippen LogP contribution is -2.43. The van der Waals surface area contributed by atoms with Crippen LogP contribution in [0.15, 0.2) is 0 Å². The Balaban J connectivity index is 2.43. The van der Waals surface area contributed by atoms with Gasteiger partial charge < -0.3 is 15.7 Å². The standard InChI is InChI=1S/C10H18N2O3/c1-7(9(13)14)5-8-3-2-4-12(6-8)10(11)15/h7-8H,2-6H2,1H3,(H2,11,15)(H,13,14). The molecule has 1 aliphatic rings. The van der Waals surface area contributed by atoms with Crippen LogP contribution < -0.4 is 5.73 Å². The average molecular weight is 214 g/mol. The molecule has 1 heterocycles. The predicted octanol–water partition coefficient (Wildman–Crippen LogP) is 0.888. The summed E-state index contributed by atoms with van der Waals surface area (Å²) in [6, 6.07) is -0.400. The van der Waals surface area contributed by atoms with Gasteiger partial charge in [-0.25, -0.2) is 4.79 Å². The van der Waals surface area contributed by atoms with Crippen molar-refractivity contribution in [2.24, 2.45) is 17.6 Å². The van der Waals surface area contributed by atoms with Gasteiger partial charge in [0.15, 0.2) is 0 Å². The molecule has 0 radical (unpaired) electrons. The van der Waals surface area contributed by atoms with Gasteiger partial charge in [0, 0.05) is 13.1 Å². The van der Waals surface area contributed by atoms with Gasteiger partial charge in [-0.3, -0.25) is 4.79 Å². The maximum Gasteiger partial charge on any atom is 0.314 e. The lowest BCUT2D eigenvalue weighted by atomic mass is 9.89. The first-order valence-corrected chi connectivity index (χ1v) is 5.28. The van der Waals surface area contributed by atoms with Crippen molar-refractivity contribution < 1.29 is 14.7 Å². The Morgan fingerprint density at radius 3 is 2.80 bits per heavy atom. The number of likely N-dealkylation sites (tertiary alicyclic amines) is 1. The first-order valence-electron chi connectivity index (χ1n) is 5.28. The second-order valence-corrected chi connectivity index (χ2v) is 4.27. The first-order chi connectivity index (χ1) is 7.00. The fourth-order valence-corrected chi connectivity index (χ4v) is 2.06. The minimum Gasteiger partial charge on any atom is -0.481 e. The molecule has 0 aliphatic carbocycles. The number of hydrogen-bond acceptors (Lipinski definition) is 2. The maximum absolute atomic E-state index is 11.0. The quantitative estimate of drug-likeness (QED) is 0.731. The monoisotopic (exact) mass is 214 g/mol. The molecule has 5 heteroatoms. The summed E-state index contributed by atoms with van der Waals surface area (Å²) < 4.78 is 0. The van der Waals surface area contributed by atoms with E-state index in [1.807, 2.05) is 0 Å². The molecule has 0 spiro atoms. The summed E-state index contributed by atoms with van der Waals surface area (Å²) in [6.45, 7) is 3.01. The molecule has 0 aromatic rings. The Labute approximate surface area is 89.2 Å². The summed E-state index contributed by atoms with van der Waals surface area (Å²) in [5.74, 6) is -0.841. The van der Waals surface area contributed by atoms with E-state index in [9.17, 15) is 9.59 Å². The van der Waals surface area contributed by atoms with E-state index in [1.54, 1.807) is 11.8 Å². The summed E-state index contributed by atoms with van der Waals surface area (Å²) in [5.41, 5.74) is 5.19. The molecule has 1 fully saturated rings. The van der Waals surface area contributed by atoms with Crippen LogP contribution in [0.1, 0.15) is 26.2 Å². The molecular weight excluding hydrogens is 196 g/mol. The third kappa shape index (κ3) is 3.42. The molecule has 2 unspecified atom stereocenters. The van der Waals surface area contributed by atoms with Crippen LogP contribution in [0.2, 0.25) is 0 Å². The SMILES string of the molecule is CC(CC1CCCN(C(N)=O)C1)C(=O)O. The number of carboxylic acid groups (broad SMARTS) is 1. The van der Waals surface area contributed by atoms with Crippen LogP contribution in [0, 0.1) is 11.8 Å². The third-order valence-corrected chi connectivity index (χ3v) is 2.94. The Bertz CT molecular complexity index is 253. The fourth-order valence-electron chi connectivity index (χ4n) is 2.06. The molecule has 2 amide bonds. The molecule has 1 saturated heterocycles. The Hall–Kier alpha value is -1.26. The van der Waals surface area contributed by atoms with Crippen LogP contribution in [0.5, 0.6) is 0 Å². The Kier molecular flexibility index (Phi) is 3.94. The number of piperidine rings is 1. The van der Waals surface area contributed by atoms with Gasteiger partial charge in [-0.15, -0.1) is 0 Å². The number of carbonyl (C=O) groups excluding carboxylic acids is 1. The normalized spacial score (nSPS) is 23.5. The Morgan fingerprint density at radius 1 is 1.60 bits per heavy atom. The molecule has 2 atom stereocenters. The van der Waals surface area contributed by atoms with Crippen LogP contribution in [0.3, 0.4) is 0 Å².